The Hall–Kier alpha value is -0.610. The maximum absolute atomic E-state index is 12.3. The molecule has 2 bridgehead atoms. The van der Waals surface area contributed by atoms with Gasteiger partial charge in [0, 0.05) is 32.3 Å². The number of piperidine rings is 1. The Morgan fingerprint density at radius 3 is 2.29 bits per heavy atom. The molecule has 2 rings (SSSR count). The van der Waals surface area contributed by atoms with Gasteiger partial charge < -0.3 is 15.0 Å². The quantitative estimate of drug-likeness (QED) is 0.804. The summed E-state index contributed by atoms with van der Waals surface area (Å²) in [6.45, 7) is 3.67. The number of ether oxygens (including phenoxy) is 1. The standard InChI is InChI=1S/C13H24N2O2/c1-13(2,17-4)12(16)15(3)11-7-9-5-6-10(8-11)14-9/h9-11,14H,5-8H2,1-4H3. The van der Waals surface area contributed by atoms with E-state index in [-0.39, 0.29) is 5.91 Å². The zero-order valence-corrected chi connectivity index (χ0v) is 11.3. The van der Waals surface area contributed by atoms with Crippen LogP contribution < -0.4 is 5.32 Å². The van der Waals surface area contributed by atoms with Gasteiger partial charge >= 0.3 is 0 Å². The van der Waals surface area contributed by atoms with Gasteiger partial charge in [-0.1, -0.05) is 0 Å². The van der Waals surface area contributed by atoms with Crippen LogP contribution >= 0.6 is 0 Å². The lowest BCUT2D eigenvalue weighted by atomic mass is 9.96. The first-order valence-corrected chi connectivity index (χ1v) is 6.52. The van der Waals surface area contributed by atoms with Gasteiger partial charge in [-0.2, -0.15) is 0 Å². The molecule has 2 atom stereocenters. The van der Waals surface area contributed by atoms with Crippen LogP contribution in [0.4, 0.5) is 0 Å². The van der Waals surface area contributed by atoms with Crippen molar-refractivity contribution >= 4 is 5.91 Å². The third-order valence-corrected chi connectivity index (χ3v) is 4.34. The third-order valence-electron chi connectivity index (χ3n) is 4.34. The number of amides is 1. The van der Waals surface area contributed by atoms with Crippen LogP contribution in [0.5, 0.6) is 0 Å². The molecule has 0 aromatic rings. The van der Waals surface area contributed by atoms with E-state index in [2.05, 4.69) is 5.32 Å². The maximum atomic E-state index is 12.3. The molecule has 0 aliphatic carbocycles. The smallest absolute Gasteiger partial charge is 0.254 e. The summed E-state index contributed by atoms with van der Waals surface area (Å²) >= 11 is 0. The highest BCUT2D eigenvalue weighted by Crippen LogP contribution is 2.30. The summed E-state index contributed by atoms with van der Waals surface area (Å²) in [6, 6.07) is 1.59. The summed E-state index contributed by atoms with van der Waals surface area (Å²) in [4.78, 5) is 14.2. The first kappa shape index (κ1) is 12.8. The van der Waals surface area contributed by atoms with Crippen molar-refractivity contribution in [2.24, 2.45) is 0 Å². The Morgan fingerprint density at radius 2 is 1.82 bits per heavy atom. The Labute approximate surface area is 104 Å². The van der Waals surface area contributed by atoms with Crippen LogP contribution in [-0.4, -0.2) is 48.7 Å². The second-order valence-corrected chi connectivity index (χ2v) is 5.89. The lowest BCUT2D eigenvalue weighted by molar-refractivity contribution is -0.152. The van der Waals surface area contributed by atoms with Crippen molar-refractivity contribution in [2.75, 3.05) is 14.2 Å². The van der Waals surface area contributed by atoms with Gasteiger partial charge in [0.1, 0.15) is 5.60 Å². The minimum atomic E-state index is -0.710. The Morgan fingerprint density at radius 1 is 1.29 bits per heavy atom. The van der Waals surface area contributed by atoms with Gasteiger partial charge in [0.15, 0.2) is 0 Å². The van der Waals surface area contributed by atoms with E-state index in [4.69, 9.17) is 4.74 Å². The van der Waals surface area contributed by atoms with E-state index in [1.54, 1.807) is 7.11 Å². The van der Waals surface area contributed by atoms with Gasteiger partial charge in [-0.25, -0.2) is 0 Å². The minimum absolute atomic E-state index is 0.0892. The van der Waals surface area contributed by atoms with Crippen molar-refractivity contribution in [3.05, 3.63) is 0 Å². The molecule has 4 nitrogen and oxygen atoms in total. The van der Waals surface area contributed by atoms with Crippen molar-refractivity contribution in [3.8, 4) is 0 Å². The molecule has 2 saturated heterocycles. The van der Waals surface area contributed by atoms with Crippen molar-refractivity contribution in [3.63, 3.8) is 0 Å². The Kier molecular flexibility index (Phi) is 3.46. The summed E-state index contributed by atoms with van der Waals surface area (Å²) in [5, 5.41) is 3.60. The second kappa shape index (κ2) is 4.58. The fourth-order valence-electron chi connectivity index (χ4n) is 3.02. The summed E-state index contributed by atoms with van der Waals surface area (Å²) in [7, 11) is 3.51. The number of rotatable bonds is 3. The SMILES string of the molecule is COC(C)(C)C(=O)N(C)C1CC2CCC(C1)N2. The van der Waals surface area contributed by atoms with Gasteiger partial charge in [0.25, 0.3) is 5.91 Å². The first-order chi connectivity index (χ1) is 7.94. The van der Waals surface area contributed by atoms with Crippen LogP contribution in [0.2, 0.25) is 0 Å². The molecule has 2 aliphatic rings. The van der Waals surface area contributed by atoms with Gasteiger partial charge in [-0.15, -0.1) is 0 Å². The van der Waals surface area contributed by atoms with E-state index in [1.807, 2.05) is 25.8 Å². The summed E-state index contributed by atoms with van der Waals surface area (Å²) in [6.07, 6.45) is 4.69. The number of fused-ring (bicyclic) bond motifs is 2. The lowest BCUT2D eigenvalue weighted by Crippen LogP contribution is -2.53. The van der Waals surface area contributed by atoms with Crippen molar-refractivity contribution < 1.29 is 9.53 Å². The molecule has 1 amide bonds. The number of carbonyl (C=O) groups is 1. The van der Waals surface area contributed by atoms with E-state index in [1.165, 1.54) is 12.8 Å². The maximum Gasteiger partial charge on any atom is 0.254 e. The summed E-state index contributed by atoms with van der Waals surface area (Å²) < 4.78 is 5.27. The van der Waals surface area contributed by atoms with Crippen LogP contribution in [0.3, 0.4) is 0 Å². The monoisotopic (exact) mass is 240 g/mol. The molecular weight excluding hydrogens is 216 g/mol. The first-order valence-electron chi connectivity index (χ1n) is 6.52. The van der Waals surface area contributed by atoms with E-state index in [9.17, 15) is 4.79 Å². The van der Waals surface area contributed by atoms with Gasteiger partial charge in [0.2, 0.25) is 0 Å². The predicted octanol–water partition coefficient (Wildman–Crippen LogP) is 1.15. The number of hydrogen-bond acceptors (Lipinski definition) is 3. The van der Waals surface area contributed by atoms with Gasteiger partial charge in [-0.3, -0.25) is 4.79 Å². The molecule has 2 aliphatic heterocycles. The average Bonchev–Trinajstić information content (AvgIpc) is 2.66. The number of methoxy groups -OCH3 is 1. The third kappa shape index (κ3) is 2.47. The molecule has 0 aromatic carbocycles. The molecule has 17 heavy (non-hydrogen) atoms. The van der Waals surface area contributed by atoms with E-state index >= 15 is 0 Å². The molecule has 4 heteroatoms. The normalized spacial score (nSPS) is 32.6. The molecule has 0 radical (unpaired) electrons. The predicted molar refractivity (Wildman–Crippen MR) is 66.8 cm³/mol. The van der Waals surface area contributed by atoms with Crippen LogP contribution in [0, 0.1) is 0 Å². The average molecular weight is 240 g/mol. The number of nitrogens with zero attached hydrogens (tertiary/aromatic N) is 1. The number of nitrogens with one attached hydrogen (secondary N) is 1. The number of likely N-dealkylation sites (N-methyl/N-ethyl adjacent to an activating group) is 1. The zero-order chi connectivity index (χ0) is 12.6. The fourth-order valence-corrected chi connectivity index (χ4v) is 3.02. The fraction of sp³-hybridized carbons (Fsp3) is 0.923. The van der Waals surface area contributed by atoms with E-state index < -0.39 is 5.60 Å². The number of hydrogen-bond donors (Lipinski definition) is 1. The van der Waals surface area contributed by atoms with Crippen molar-refractivity contribution in [2.45, 2.75) is 63.3 Å². The Balaban J connectivity index is 2.00. The van der Waals surface area contributed by atoms with Crippen LogP contribution in [0.25, 0.3) is 0 Å². The summed E-state index contributed by atoms with van der Waals surface area (Å²) in [5.41, 5.74) is -0.710. The highest BCUT2D eigenvalue weighted by atomic mass is 16.5. The molecule has 2 fully saturated rings. The molecule has 2 heterocycles. The van der Waals surface area contributed by atoms with E-state index in [0.29, 0.717) is 18.1 Å². The molecular formula is C13H24N2O2. The molecule has 1 N–H and O–H groups in total. The van der Waals surface area contributed by atoms with Gasteiger partial charge in [0.05, 0.1) is 0 Å². The van der Waals surface area contributed by atoms with Crippen molar-refractivity contribution in [1.82, 2.24) is 10.2 Å². The Bertz CT molecular complexity index is 292. The van der Waals surface area contributed by atoms with Crippen LogP contribution in [0.1, 0.15) is 39.5 Å². The molecule has 0 aromatic heterocycles. The molecule has 98 valence electrons. The number of carbonyl (C=O) groups excluding carboxylic acids is 1. The van der Waals surface area contributed by atoms with Crippen LogP contribution in [0.15, 0.2) is 0 Å². The summed E-state index contributed by atoms with van der Waals surface area (Å²) in [5.74, 6) is 0.0892. The topological polar surface area (TPSA) is 41.6 Å². The second-order valence-electron chi connectivity index (χ2n) is 5.89. The van der Waals surface area contributed by atoms with E-state index in [0.717, 1.165) is 12.8 Å². The molecule has 0 spiro atoms. The zero-order valence-electron chi connectivity index (χ0n) is 11.3. The molecule has 0 saturated carbocycles. The van der Waals surface area contributed by atoms with Crippen LogP contribution in [-0.2, 0) is 9.53 Å². The van der Waals surface area contributed by atoms with Crippen molar-refractivity contribution in [1.29, 1.82) is 0 Å². The van der Waals surface area contributed by atoms with Gasteiger partial charge in [-0.05, 0) is 39.5 Å². The highest BCUT2D eigenvalue weighted by Gasteiger charge is 2.39. The highest BCUT2D eigenvalue weighted by molar-refractivity contribution is 5.84. The molecule has 2 unspecified atom stereocenters. The minimum Gasteiger partial charge on any atom is -0.369 e. The lowest BCUT2D eigenvalue weighted by Gasteiger charge is -2.38. The largest absolute Gasteiger partial charge is 0.369 e.